The Balaban J connectivity index is 1.77. The van der Waals surface area contributed by atoms with Gasteiger partial charge < -0.3 is 10.5 Å². The molecule has 4 aromatic rings. The number of nitrogens with one attached hydrogen (secondary N) is 1. The van der Waals surface area contributed by atoms with Gasteiger partial charge in [-0.25, -0.2) is 4.68 Å². The second-order valence-corrected chi connectivity index (χ2v) is 9.42. The highest BCUT2D eigenvalue weighted by Gasteiger charge is 2.39. The van der Waals surface area contributed by atoms with E-state index in [0.717, 1.165) is 27.4 Å². The zero-order valence-electron chi connectivity index (χ0n) is 17.6. The molecule has 160 valence electrons. The van der Waals surface area contributed by atoms with Gasteiger partial charge in [0.05, 0.1) is 28.6 Å². The van der Waals surface area contributed by atoms with E-state index in [4.69, 9.17) is 22.1 Å². The average molecular weight is 463 g/mol. The largest absolute Gasteiger partial charge is 0.420 e. The van der Waals surface area contributed by atoms with Crippen LogP contribution in [0.3, 0.4) is 0 Å². The predicted octanol–water partition coefficient (Wildman–Crippen LogP) is 5.12. The summed E-state index contributed by atoms with van der Waals surface area (Å²) in [5.41, 5.74) is 11.2. The lowest BCUT2D eigenvalue weighted by molar-refractivity contribution is 0.379. The van der Waals surface area contributed by atoms with Crippen LogP contribution in [-0.2, 0) is 0 Å². The Labute approximate surface area is 193 Å². The van der Waals surface area contributed by atoms with Gasteiger partial charge in [0.1, 0.15) is 16.8 Å². The quantitative estimate of drug-likeness (QED) is 0.439. The van der Waals surface area contributed by atoms with Crippen LogP contribution in [0.2, 0.25) is 5.15 Å². The van der Waals surface area contributed by atoms with E-state index in [0.29, 0.717) is 22.3 Å². The summed E-state index contributed by atoms with van der Waals surface area (Å²) in [5.74, 6) is -0.209. The summed E-state index contributed by atoms with van der Waals surface area (Å²) in [7, 11) is 0. The van der Waals surface area contributed by atoms with Crippen LogP contribution in [0.15, 0.2) is 47.9 Å². The molecule has 1 aliphatic rings. The molecule has 1 atom stereocenters. The predicted molar refractivity (Wildman–Crippen MR) is 124 cm³/mol. The number of hydrogen-bond acceptors (Lipinski definition) is 6. The molecule has 0 radical (unpaired) electrons. The van der Waals surface area contributed by atoms with Gasteiger partial charge in [-0.15, -0.1) is 16.4 Å². The molecule has 3 N–H and O–H groups in total. The molecule has 32 heavy (non-hydrogen) atoms. The summed E-state index contributed by atoms with van der Waals surface area (Å²) < 4.78 is 7.41. The van der Waals surface area contributed by atoms with Crippen molar-refractivity contribution in [3.8, 4) is 28.9 Å². The number of H-pyrrole nitrogens is 1. The molecule has 0 fully saturated rings. The van der Waals surface area contributed by atoms with Crippen molar-refractivity contribution in [3.63, 3.8) is 0 Å². The summed E-state index contributed by atoms with van der Waals surface area (Å²) in [6.07, 6.45) is 0. The van der Waals surface area contributed by atoms with Gasteiger partial charge in [0.2, 0.25) is 11.8 Å². The van der Waals surface area contributed by atoms with Crippen molar-refractivity contribution in [1.82, 2.24) is 20.0 Å². The van der Waals surface area contributed by atoms with E-state index in [9.17, 15) is 5.26 Å². The van der Waals surface area contributed by atoms with Gasteiger partial charge in [-0.3, -0.25) is 5.10 Å². The number of aryl methyl sites for hydroxylation is 3. The monoisotopic (exact) mass is 462 g/mol. The number of benzene rings is 1. The number of aromatic nitrogens is 4. The summed E-state index contributed by atoms with van der Waals surface area (Å²) in [4.78, 5) is 2.31. The van der Waals surface area contributed by atoms with E-state index >= 15 is 0 Å². The van der Waals surface area contributed by atoms with E-state index < -0.39 is 5.92 Å². The van der Waals surface area contributed by atoms with Gasteiger partial charge in [0.15, 0.2) is 0 Å². The Hall–Kier alpha value is -3.54. The highest BCUT2D eigenvalue weighted by atomic mass is 35.5. The first-order valence-corrected chi connectivity index (χ1v) is 11.1. The minimum absolute atomic E-state index is 0.0178. The zero-order valence-corrected chi connectivity index (χ0v) is 19.2. The molecular weight excluding hydrogens is 444 g/mol. The third-order valence-corrected chi connectivity index (χ3v) is 6.92. The highest BCUT2D eigenvalue weighted by molar-refractivity contribution is 7.12. The van der Waals surface area contributed by atoms with Crippen LogP contribution >= 0.6 is 22.9 Å². The molecule has 1 aromatic carbocycles. The van der Waals surface area contributed by atoms with Gasteiger partial charge in [0, 0.05) is 20.9 Å². The number of halogens is 1. The van der Waals surface area contributed by atoms with Crippen molar-refractivity contribution < 1.29 is 4.74 Å². The van der Waals surface area contributed by atoms with Crippen LogP contribution in [-0.4, -0.2) is 20.0 Å². The Kier molecular flexibility index (Phi) is 4.81. The Morgan fingerprint density at radius 2 is 1.97 bits per heavy atom. The maximum atomic E-state index is 10.0. The molecule has 1 aliphatic heterocycles. The van der Waals surface area contributed by atoms with Crippen LogP contribution < -0.4 is 10.5 Å². The van der Waals surface area contributed by atoms with Crippen LogP contribution in [0.4, 0.5) is 0 Å². The summed E-state index contributed by atoms with van der Waals surface area (Å²) in [6, 6.07) is 13.9. The number of aromatic amines is 1. The van der Waals surface area contributed by atoms with E-state index in [1.807, 2.05) is 37.3 Å². The molecule has 9 heteroatoms. The second-order valence-electron chi connectivity index (χ2n) is 7.61. The molecule has 4 heterocycles. The zero-order chi connectivity index (χ0) is 22.6. The Bertz CT molecular complexity index is 1420. The lowest BCUT2D eigenvalue weighted by Gasteiger charge is -2.24. The fourth-order valence-electron chi connectivity index (χ4n) is 4.20. The van der Waals surface area contributed by atoms with E-state index in [1.165, 1.54) is 4.88 Å². The van der Waals surface area contributed by atoms with Crippen molar-refractivity contribution in [2.24, 2.45) is 5.73 Å². The van der Waals surface area contributed by atoms with Crippen LogP contribution in [0, 0.1) is 32.1 Å². The number of nitrogens with two attached hydrogens (primary N) is 1. The van der Waals surface area contributed by atoms with Crippen molar-refractivity contribution in [2.45, 2.75) is 26.7 Å². The molecule has 0 saturated carbocycles. The normalized spacial score (nSPS) is 15.4. The van der Waals surface area contributed by atoms with Crippen LogP contribution in [0.1, 0.15) is 32.5 Å². The molecule has 1 unspecified atom stereocenters. The SMILES string of the molecule is Cc1cc(-c2[nH]nc3c2C(c2c(C)nn(-c4ccccc4)c2Cl)C(C#N)=C(N)O3)c(C)s1. The standard InChI is InChI=1S/C23H19ClN6OS/c1-11-9-15(13(3)32-11)20-19-18(16(10-25)22(26)31-23(19)28-27-20)17-12(2)29-30(21(17)24)14-7-5-4-6-8-14/h4-9,18H,26H2,1-3H3,(H,27,28). The Morgan fingerprint density at radius 1 is 1.22 bits per heavy atom. The van der Waals surface area contributed by atoms with Gasteiger partial charge >= 0.3 is 0 Å². The maximum absolute atomic E-state index is 10.0. The van der Waals surface area contributed by atoms with Crippen LogP contribution in [0.5, 0.6) is 5.88 Å². The molecule has 0 saturated heterocycles. The minimum atomic E-state index is -0.568. The Morgan fingerprint density at radius 3 is 2.62 bits per heavy atom. The van der Waals surface area contributed by atoms with Gasteiger partial charge in [-0.1, -0.05) is 29.8 Å². The molecule has 0 spiro atoms. The number of para-hydroxylation sites is 1. The fraction of sp³-hybridized carbons (Fsp3) is 0.174. The molecule has 3 aromatic heterocycles. The van der Waals surface area contributed by atoms with Gasteiger partial charge in [-0.2, -0.15) is 10.4 Å². The van der Waals surface area contributed by atoms with Crippen molar-refractivity contribution in [3.05, 3.63) is 79.6 Å². The fourth-order valence-corrected chi connectivity index (χ4v) is 5.51. The molecule has 7 nitrogen and oxygen atoms in total. The number of fused-ring (bicyclic) bond motifs is 1. The van der Waals surface area contributed by atoms with Crippen molar-refractivity contribution >= 4 is 22.9 Å². The number of thiophene rings is 1. The minimum Gasteiger partial charge on any atom is -0.420 e. The molecule has 5 rings (SSSR count). The summed E-state index contributed by atoms with van der Waals surface area (Å²) in [6.45, 7) is 5.99. The van der Waals surface area contributed by atoms with E-state index in [-0.39, 0.29) is 11.5 Å². The number of nitrogens with zero attached hydrogens (tertiary/aromatic N) is 4. The third kappa shape index (κ3) is 3.01. The third-order valence-electron chi connectivity index (χ3n) is 5.59. The number of nitriles is 1. The lowest BCUT2D eigenvalue weighted by Crippen LogP contribution is -2.21. The molecule has 0 bridgehead atoms. The summed E-state index contributed by atoms with van der Waals surface area (Å²) in [5, 5.41) is 22.6. The number of rotatable bonds is 3. The smallest absolute Gasteiger partial charge is 0.244 e. The second kappa shape index (κ2) is 7.55. The number of hydrogen-bond donors (Lipinski definition) is 2. The van der Waals surface area contributed by atoms with E-state index in [1.54, 1.807) is 16.0 Å². The maximum Gasteiger partial charge on any atom is 0.244 e. The molecular formula is C23H19ClN6OS. The molecule has 0 aliphatic carbocycles. The first-order chi connectivity index (χ1) is 15.4. The van der Waals surface area contributed by atoms with Gasteiger partial charge in [-0.05, 0) is 39.0 Å². The first kappa shape index (κ1) is 20.4. The van der Waals surface area contributed by atoms with Crippen molar-refractivity contribution in [1.29, 1.82) is 5.26 Å². The highest BCUT2D eigenvalue weighted by Crippen LogP contribution is 2.49. The van der Waals surface area contributed by atoms with Crippen LogP contribution in [0.25, 0.3) is 16.9 Å². The molecule has 0 amide bonds. The average Bonchev–Trinajstić information content (AvgIpc) is 3.42. The van der Waals surface area contributed by atoms with Crippen molar-refractivity contribution in [2.75, 3.05) is 0 Å². The first-order valence-electron chi connectivity index (χ1n) is 9.94. The van der Waals surface area contributed by atoms with E-state index in [2.05, 4.69) is 41.3 Å². The summed E-state index contributed by atoms with van der Waals surface area (Å²) >= 11 is 8.59. The number of ether oxygens (including phenoxy) is 1. The van der Waals surface area contributed by atoms with Gasteiger partial charge in [0.25, 0.3) is 0 Å². The number of allylic oxidation sites excluding steroid dienone is 1. The topological polar surface area (TPSA) is 106 Å². The lowest BCUT2D eigenvalue weighted by atomic mass is 9.83.